The van der Waals surface area contributed by atoms with E-state index < -0.39 is 34.9 Å². The minimum Gasteiger partial charge on any atom is -0.477 e. The molecular weight excluding hydrogens is 500 g/mol. The monoisotopic (exact) mass is 520 g/mol. The summed E-state index contributed by atoms with van der Waals surface area (Å²) in [5, 5.41) is 27.0. The molecule has 1 aromatic heterocycles. The molecule has 3 saturated heterocycles. The maximum Gasteiger partial charge on any atom is 0.352 e. The van der Waals surface area contributed by atoms with Crippen LogP contribution in [0.4, 0.5) is 5.13 Å². The van der Waals surface area contributed by atoms with Crippen molar-refractivity contribution < 1.29 is 29.5 Å². The summed E-state index contributed by atoms with van der Waals surface area (Å²) in [5.74, 6) is -2.92. The molecule has 4 aliphatic rings. The molecule has 0 bridgehead atoms. The zero-order valence-corrected chi connectivity index (χ0v) is 19.6. The molecule has 0 aliphatic carbocycles. The number of anilines is 1. The number of rotatable bonds is 6. The largest absolute Gasteiger partial charge is 0.477 e. The SMILES string of the molecule is Nc1nc(C(=NO)C(=O)N[C@@H]2C(=O)N3C(C(=O)O)=C(C=C4CCN(C5CNC5)C4=O)CS[C@H]23)ns1. The van der Waals surface area contributed by atoms with Gasteiger partial charge in [0, 0.05) is 42.5 Å². The number of carbonyl (C=O) groups excluding carboxylic acids is 3. The minimum atomic E-state index is -1.30. The number of β-lactam (4-membered cyclic amide) rings is 1. The van der Waals surface area contributed by atoms with Crippen molar-refractivity contribution in [1.82, 2.24) is 29.8 Å². The van der Waals surface area contributed by atoms with E-state index in [1.807, 2.05) is 0 Å². The summed E-state index contributed by atoms with van der Waals surface area (Å²) >= 11 is 2.06. The summed E-state index contributed by atoms with van der Waals surface area (Å²) in [6.07, 6.45) is 2.08. The molecule has 6 N–H and O–H groups in total. The number of carboxylic acids is 1. The van der Waals surface area contributed by atoms with Gasteiger partial charge < -0.3 is 31.6 Å². The summed E-state index contributed by atoms with van der Waals surface area (Å²) in [7, 11) is 0. The summed E-state index contributed by atoms with van der Waals surface area (Å²) in [5.41, 5.74) is 5.65. The smallest absolute Gasteiger partial charge is 0.352 e. The van der Waals surface area contributed by atoms with Crippen molar-refractivity contribution in [2.45, 2.75) is 23.9 Å². The molecule has 1 aromatic rings. The number of nitrogens with two attached hydrogens (primary N) is 1. The third-order valence-electron chi connectivity index (χ3n) is 6.16. The van der Waals surface area contributed by atoms with Gasteiger partial charge in [-0.25, -0.2) is 4.79 Å². The number of nitrogen functional groups attached to an aromatic ring is 1. The zero-order valence-electron chi connectivity index (χ0n) is 18.0. The molecule has 5 rings (SSSR count). The Bertz CT molecular complexity index is 1220. The zero-order chi connectivity index (χ0) is 24.9. The number of fused-ring (bicyclic) bond motifs is 1. The number of hydrogen-bond donors (Lipinski definition) is 5. The van der Waals surface area contributed by atoms with Crippen molar-refractivity contribution >= 4 is 57.8 Å². The molecule has 0 unspecified atom stereocenters. The predicted molar refractivity (Wildman–Crippen MR) is 123 cm³/mol. The maximum absolute atomic E-state index is 12.9. The Morgan fingerprint density at radius 3 is 2.69 bits per heavy atom. The van der Waals surface area contributed by atoms with E-state index in [1.54, 1.807) is 11.0 Å². The molecule has 3 amide bonds. The highest BCUT2D eigenvalue weighted by molar-refractivity contribution is 8.00. The Hall–Kier alpha value is -3.50. The van der Waals surface area contributed by atoms with Gasteiger partial charge in [-0.15, -0.1) is 11.8 Å². The Morgan fingerprint density at radius 2 is 2.09 bits per heavy atom. The highest BCUT2D eigenvalue weighted by Gasteiger charge is 2.54. The number of nitrogens with one attached hydrogen (secondary N) is 2. The third-order valence-corrected chi connectivity index (χ3v) is 8.01. The van der Waals surface area contributed by atoms with Crippen LogP contribution in [-0.2, 0) is 19.2 Å². The van der Waals surface area contributed by atoms with Gasteiger partial charge >= 0.3 is 5.97 Å². The van der Waals surface area contributed by atoms with Crippen molar-refractivity contribution in [1.29, 1.82) is 0 Å². The number of amides is 3. The highest BCUT2D eigenvalue weighted by atomic mass is 32.2. The topological polar surface area (TPSA) is 203 Å². The van der Waals surface area contributed by atoms with Gasteiger partial charge in [0.05, 0.1) is 6.04 Å². The van der Waals surface area contributed by atoms with Gasteiger partial charge in [0.25, 0.3) is 11.8 Å². The standard InChI is InChI=1S/C19H20N8O6S2/c20-19-23-13(25-35-19)10(24-33)14(28)22-11-16(30)27-12(18(31)32)8(6-34-17(11)27)3-7-1-2-26(15(7)29)9-4-21-5-9/h3,9,11,17,21,33H,1-2,4-6H2,(H,22,28)(H,31,32)(H2,20,23,25)/t11-,17-/m1/s1. The first-order valence-electron chi connectivity index (χ1n) is 10.6. The van der Waals surface area contributed by atoms with Crippen molar-refractivity contribution in [2.75, 3.05) is 31.1 Å². The third kappa shape index (κ3) is 3.92. The molecule has 16 heteroatoms. The van der Waals surface area contributed by atoms with Crippen LogP contribution < -0.4 is 16.4 Å². The second-order valence-electron chi connectivity index (χ2n) is 8.17. The van der Waals surface area contributed by atoms with E-state index in [0.29, 0.717) is 24.1 Å². The second-order valence-corrected chi connectivity index (χ2v) is 10.1. The van der Waals surface area contributed by atoms with E-state index in [9.17, 15) is 29.5 Å². The lowest BCUT2D eigenvalue weighted by Crippen LogP contribution is -2.71. The van der Waals surface area contributed by atoms with Crippen LogP contribution in [0.25, 0.3) is 0 Å². The van der Waals surface area contributed by atoms with Gasteiger partial charge in [0.2, 0.25) is 17.4 Å². The molecule has 2 atom stereocenters. The molecule has 0 aromatic carbocycles. The van der Waals surface area contributed by atoms with Crippen molar-refractivity contribution in [2.24, 2.45) is 5.16 Å². The van der Waals surface area contributed by atoms with Gasteiger partial charge in [-0.3, -0.25) is 19.3 Å². The summed E-state index contributed by atoms with van der Waals surface area (Å²) in [6, 6.07) is -0.894. The van der Waals surface area contributed by atoms with Crippen LogP contribution >= 0.6 is 23.3 Å². The van der Waals surface area contributed by atoms with Crippen molar-refractivity contribution in [3.05, 3.63) is 28.7 Å². The van der Waals surface area contributed by atoms with Crippen LogP contribution in [0.15, 0.2) is 28.1 Å². The van der Waals surface area contributed by atoms with Crippen LogP contribution in [0.1, 0.15) is 12.2 Å². The lowest BCUT2D eigenvalue weighted by atomic mass is 10.0. The molecule has 0 radical (unpaired) electrons. The predicted octanol–water partition coefficient (Wildman–Crippen LogP) is -1.83. The number of hydrogen-bond acceptors (Lipinski definition) is 12. The van der Waals surface area contributed by atoms with Crippen molar-refractivity contribution in [3.63, 3.8) is 0 Å². The maximum atomic E-state index is 12.9. The van der Waals surface area contributed by atoms with E-state index in [-0.39, 0.29) is 34.4 Å². The molecule has 0 saturated carbocycles. The number of carboxylic acid groups (broad SMARTS) is 1. The van der Waals surface area contributed by atoms with E-state index >= 15 is 0 Å². The fourth-order valence-corrected chi connectivity index (χ4v) is 6.05. The molecular formula is C19H20N8O6S2. The lowest BCUT2D eigenvalue weighted by Gasteiger charge is -2.49. The summed E-state index contributed by atoms with van der Waals surface area (Å²) in [6.45, 7) is 2.06. The quantitative estimate of drug-likeness (QED) is 0.0927. The number of aromatic nitrogens is 2. The van der Waals surface area contributed by atoms with Gasteiger partial charge in [0.15, 0.2) is 5.13 Å². The van der Waals surface area contributed by atoms with Crippen molar-refractivity contribution in [3.8, 4) is 0 Å². The Labute approximate surface area is 206 Å². The average Bonchev–Trinajstić information content (AvgIpc) is 3.37. The molecule has 5 heterocycles. The average molecular weight is 521 g/mol. The Balaban J connectivity index is 1.33. The first-order valence-corrected chi connectivity index (χ1v) is 12.4. The van der Waals surface area contributed by atoms with Crippen LogP contribution in [0.2, 0.25) is 0 Å². The fraction of sp³-hybridized carbons (Fsp3) is 0.421. The first kappa shape index (κ1) is 23.3. The Morgan fingerprint density at radius 1 is 1.31 bits per heavy atom. The number of carbonyl (C=O) groups is 4. The second kappa shape index (κ2) is 8.94. The summed E-state index contributed by atoms with van der Waals surface area (Å²) in [4.78, 5) is 57.0. The molecule has 3 fully saturated rings. The highest BCUT2D eigenvalue weighted by Crippen LogP contribution is 2.41. The van der Waals surface area contributed by atoms with Gasteiger partial charge in [0.1, 0.15) is 17.1 Å². The van der Waals surface area contributed by atoms with Crippen LogP contribution in [0, 0.1) is 0 Å². The molecule has 14 nitrogen and oxygen atoms in total. The number of allylic oxidation sites excluding steroid dienone is 1. The lowest BCUT2D eigenvalue weighted by molar-refractivity contribution is -0.150. The van der Waals surface area contributed by atoms with Crippen LogP contribution in [0.3, 0.4) is 0 Å². The van der Waals surface area contributed by atoms with Gasteiger partial charge in [-0.2, -0.15) is 9.36 Å². The number of likely N-dealkylation sites (tertiary alicyclic amines) is 1. The van der Waals surface area contributed by atoms with E-state index in [1.165, 1.54) is 11.8 Å². The number of aliphatic carboxylic acids is 1. The van der Waals surface area contributed by atoms with E-state index in [4.69, 9.17) is 5.73 Å². The fourth-order valence-electron chi connectivity index (χ4n) is 4.31. The van der Waals surface area contributed by atoms with Gasteiger partial charge in [-0.1, -0.05) is 5.16 Å². The molecule has 35 heavy (non-hydrogen) atoms. The van der Waals surface area contributed by atoms with Crippen LogP contribution in [0.5, 0.6) is 0 Å². The molecule has 184 valence electrons. The number of nitrogens with zero attached hydrogens (tertiary/aromatic N) is 5. The summed E-state index contributed by atoms with van der Waals surface area (Å²) < 4.78 is 3.81. The minimum absolute atomic E-state index is 0.0637. The normalized spacial score (nSPS) is 26.1. The van der Waals surface area contributed by atoms with E-state index in [0.717, 1.165) is 29.5 Å². The molecule has 4 aliphatic heterocycles. The molecule has 0 spiro atoms. The first-order chi connectivity index (χ1) is 16.8. The number of thioether (sulfide) groups is 1. The van der Waals surface area contributed by atoms with Gasteiger partial charge in [-0.05, 0) is 18.1 Å². The Kier molecular flexibility index (Phi) is 5.94. The van der Waals surface area contributed by atoms with E-state index in [2.05, 4.69) is 25.1 Å². The number of oxime groups is 1. The van der Waals surface area contributed by atoms with Crippen LogP contribution in [-0.4, -0.2) is 102 Å².